The molecule has 3 aromatic rings. The van der Waals surface area contributed by atoms with Crippen molar-refractivity contribution in [3.05, 3.63) is 71.5 Å². The molecule has 2 aromatic carbocycles. The predicted octanol–water partition coefficient (Wildman–Crippen LogP) is 4.86. The number of halogens is 1. The average molecular weight is 314 g/mol. The molecule has 0 atom stereocenters. The van der Waals surface area contributed by atoms with E-state index in [9.17, 15) is 4.79 Å². The fourth-order valence-electron chi connectivity index (χ4n) is 2.12. The Balaban J connectivity index is 1.81. The van der Waals surface area contributed by atoms with Gasteiger partial charge in [0.2, 0.25) is 0 Å². The Kier molecular flexibility index (Phi) is 4.23. The van der Waals surface area contributed by atoms with Gasteiger partial charge in [0.25, 0.3) is 0 Å². The summed E-state index contributed by atoms with van der Waals surface area (Å²) in [5.74, 6) is 0.444. The van der Waals surface area contributed by atoms with Crippen LogP contribution in [0.2, 0.25) is 5.02 Å². The van der Waals surface area contributed by atoms with Crippen molar-refractivity contribution in [1.29, 1.82) is 0 Å². The second-order valence-electron chi connectivity index (χ2n) is 4.58. The fourth-order valence-corrected chi connectivity index (χ4v) is 3.22. The van der Waals surface area contributed by atoms with Crippen LogP contribution in [0, 0.1) is 0 Å². The number of Topliss-reactive ketones (excluding diaryl/α,β-unsaturated/α-hetero) is 1. The summed E-state index contributed by atoms with van der Waals surface area (Å²) in [5, 5.41) is 2.61. The highest BCUT2D eigenvalue weighted by molar-refractivity contribution is 8.00. The number of carbonyl (C=O) groups excluding carboxylic acids is 1. The summed E-state index contributed by atoms with van der Waals surface area (Å²) in [6, 6.07) is 15.3. The molecule has 0 bridgehead atoms. The molecule has 0 aliphatic heterocycles. The molecule has 0 fully saturated rings. The van der Waals surface area contributed by atoms with E-state index in [2.05, 4.69) is 4.98 Å². The van der Waals surface area contributed by atoms with E-state index in [-0.39, 0.29) is 5.78 Å². The Labute approximate surface area is 132 Å². The number of thioether (sulfide) groups is 1. The molecule has 0 spiro atoms. The van der Waals surface area contributed by atoms with E-state index in [0.717, 1.165) is 15.7 Å². The van der Waals surface area contributed by atoms with Gasteiger partial charge in [0.15, 0.2) is 5.78 Å². The number of aromatic nitrogens is 1. The van der Waals surface area contributed by atoms with Gasteiger partial charge in [-0.3, -0.25) is 9.78 Å². The van der Waals surface area contributed by atoms with E-state index < -0.39 is 0 Å². The van der Waals surface area contributed by atoms with Crippen LogP contribution < -0.4 is 0 Å². The van der Waals surface area contributed by atoms with E-state index in [4.69, 9.17) is 11.6 Å². The van der Waals surface area contributed by atoms with Gasteiger partial charge in [0, 0.05) is 33.3 Å². The third-order valence-corrected chi connectivity index (χ3v) is 4.36. The summed E-state index contributed by atoms with van der Waals surface area (Å²) >= 11 is 7.43. The highest BCUT2D eigenvalue weighted by Gasteiger charge is 2.11. The zero-order valence-electron chi connectivity index (χ0n) is 11.1. The predicted molar refractivity (Wildman–Crippen MR) is 88.2 cm³/mol. The molecule has 1 heterocycles. The van der Waals surface area contributed by atoms with Gasteiger partial charge in [-0.1, -0.05) is 41.9 Å². The van der Waals surface area contributed by atoms with Crippen molar-refractivity contribution in [2.24, 2.45) is 0 Å². The molecule has 3 rings (SSSR count). The molecule has 2 nitrogen and oxygen atoms in total. The third kappa shape index (κ3) is 3.26. The first-order valence-electron chi connectivity index (χ1n) is 6.48. The van der Waals surface area contributed by atoms with Gasteiger partial charge in [-0.2, -0.15) is 0 Å². The van der Waals surface area contributed by atoms with Gasteiger partial charge in [0.1, 0.15) is 0 Å². The molecule has 0 N–H and O–H groups in total. The molecule has 0 amide bonds. The van der Waals surface area contributed by atoms with E-state index in [1.807, 2.05) is 48.5 Å². The second kappa shape index (κ2) is 6.29. The van der Waals surface area contributed by atoms with Gasteiger partial charge in [-0.25, -0.2) is 0 Å². The number of hydrogen-bond donors (Lipinski definition) is 0. The van der Waals surface area contributed by atoms with Gasteiger partial charge < -0.3 is 0 Å². The molecule has 104 valence electrons. The number of hydrogen-bond acceptors (Lipinski definition) is 3. The summed E-state index contributed by atoms with van der Waals surface area (Å²) in [7, 11) is 0. The average Bonchev–Trinajstić information content (AvgIpc) is 2.52. The Morgan fingerprint density at radius 1 is 1.10 bits per heavy atom. The van der Waals surface area contributed by atoms with Crippen molar-refractivity contribution in [3.8, 4) is 0 Å². The van der Waals surface area contributed by atoms with Crippen LogP contribution in [0.4, 0.5) is 0 Å². The topological polar surface area (TPSA) is 30.0 Å². The zero-order chi connectivity index (χ0) is 14.7. The number of pyridine rings is 1. The number of benzene rings is 2. The van der Waals surface area contributed by atoms with Crippen molar-refractivity contribution in [2.75, 3.05) is 5.75 Å². The lowest BCUT2D eigenvalue weighted by Gasteiger charge is -2.05. The van der Waals surface area contributed by atoms with Gasteiger partial charge >= 0.3 is 0 Å². The largest absolute Gasteiger partial charge is 0.293 e. The standard InChI is InChI=1S/C17H12ClNOS/c18-13-5-3-6-14(8-13)21-11-17(20)16-10-19-9-12-4-1-2-7-15(12)16/h1-10H,11H2. The number of ketones is 1. The highest BCUT2D eigenvalue weighted by atomic mass is 35.5. The maximum absolute atomic E-state index is 12.4. The SMILES string of the molecule is O=C(CSc1cccc(Cl)c1)c1cncc2ccccc12. The molecular weight excluding hydrogens is 302 g/mol. The van der Waals surface area contributed by atoms with Gasteiger partial charge in [-0.05, 0) is 23.6 Å². The lowest BCUT2D eigenvalue weighted by molar-refractivity contribution is 0.102. The minimum Gasteiger partial charge on any atom is -0.293 e. The van der Waals surface area contributed by atoms with Crippen LogP contribution in [0.1, 0.15) is 10.4 Å². The fraction of sp³-hybridized carbons (Fsp3) is 0.0588. The molecule has 21 heavy (non-hydrogen) atoms. The zero-order valence-corrected chi connectivity index (χ0v) is 12.7. The molecule has 4 heteroatoms. The highest BCUT2D eigenvalue weighted by Crippen LogP contribution is 2.24. The summed E-state index contributed by atoms with van der Waals surface area (Å²) in [4.78, 5) is 17.6. The van der Waals surface area contributed by atoms with Crippen molar-refractivity contribution in [2.45, 2.75) is 4.90 Å². The van der Waals surface area contributed by atoms with Crippen LogP contribution >= 0.6 is 23.4 Å². The first kappa shape index (κ1) is 14.1. The summed E-state index contributed by atoms with van der Waals surface area (Å²) in [6.07, 6.45) is 3.42. The van der Waals surface area contributed by atoms with E-state index in [1.54, 1.807) is 12.4 Å². The summed E-state index contributed by atoms with van der Waals surface area (Å²) < 4.78 is 0. The van der Waals surface area contributed by atoms with Gasteiger partial charge in [0.05, 0.1) is 5.75 Å². The molecule has 1 aromatic heterocycles. The van der Waals surface area contributed by atoms with Crippen LogP contribution in [0.5, 0.6) is 0 Å². The smallest absolute Gasteiger partial charge is 0.175 e. The number of fused-ring (bicyclic) bond motifs is 1. The Hall–Kier alpha value is -1.84. The van der Waals surface area contributed by atoms with Gasteiger partial charge in [-0.15, -0.1) is 11.8 Å². The number of rotatable bonds is 4. The van der Waals surface area contributed by atoms with E-state index >= 15 is 0 Å². The van der Waals surface area contributed by atoms with E-state index in [1.165, 1.54) is 11.8 Å². The van der Waals surface area contributed by atoms with Crippen LogP contribution in [-0.4, -0.2) is 16.5 Å². The van der Waals surface area contributed by atoms with Crippen molar-refractivity contribution < 1.29 is 4.79 Å². The summed E-state index contributed by atoms with van der Waals surface area (Å²) in [5.41, 5.74) is 0.669. The third-order valence-electron chi connectivity index (χ3n) is 3.13. The maximum Gasteiger partial charge on any atom is 0.175 e. The normalized spacial score (nSPS) is 10.7. The van der Waals surface area contributed by atoms with Crippen molar-refractivity contribution >= 4 is 39.9 Å². The van der Waals surface area contributed by atoms with Crippen molar-refractivity contribution in [1.82, 2.24) is 4.98 Å². The molecule has 0 radical (unpaired) electrons. The lowest BCUT2D eigenvalue weighted by atomic mass is 10.1. The Morgan fingerprint density at radius 3 is 2.81 bits per heavy atom. The maximum atomic E-state index is 12.4. The lowest BCUT2D eigenvalue weighted by Crippen LogP contribution is -2.03. The minimum absolute atomic E-state index is 0.0734. The molecule has 0 saturated heterocycles. The molecule has 0 unspecified atom stereocenters. The quantitative estimate of drug-likeness (QED) is 0.509. The Bertz CT molecular complexity index is 798. The van der Waals surface area contributed by atoms with Crippen molar-refractivity contribution in [3.63, 3.8) is 0 Å². The number of nitrogens with zero attached hydrogens (tertiary/aromatic N) is 1. The van der Waals surface area contributed by atoms with Crippen LogP contribution in [-0.2, 0) is 0 Å². The molecular formula is C17H12ClNOS. The summed E-state index contributed by atoms with van der Waals surface area (Å²) in [6.45, 7) is 0. The minimum atomic E-state index is 0.0734. The number of carbonyl (C=O) groups is 1. The molecule has 0 aliphatic rings. The Morgan fingerprint density at radius 2 is 1.95 bits per heavy atom. The first-order chi connectivity index (χ1) is 10.2. The molecule has 0 aliphatic carbocycles. The van der Waals surface area contributed by atoms with Crippen LogP contribution in [0.3, 0.4) is 0 Å². The first-order valence-corrected chi connectivity index (χ1v) is 7.85. The van der Waals surface area contributed by atoms with E-state index in [0.29, 0.717) is 16.3 Å². The molecule has 0 saturated carbocycles. The van der Waals surface area contributed by atoms with Crippen LogP contribution in [0.25, 0.3) is 10.8 Å². The van der Waals surface area contributed by atoms with Crippen LogP contribution in [0.15, 0.2) is 65.8 Å². The second-order valence-corrected chi connectivity index (χ2v) is 6.06. The monoisotopic (exact) mass is 313 g/mol.